The molecule has 1 saturated heterocycles. The third kappa shape index (κ3) is 4.73. The lowest BCUT2D eigenvalue weighted by atomic mass is 10.1. The Morgan fingerprint density at radius 2 is 1.60 bits per heavy atom. The van der Waals surface area contributed by atoms with Crippen molar-refractivity contribution in [2.45, 2.75) is 6.92 Å². The average Bonchev–Trinajstić information content (AvgIpc) is 3.05. The van der Waals surface area contributed by atoms with Crippen LogP contribution in [0.3, 0.4) is 0 Å². The Labute approximate surface area is 204 Å². The van der Waals surface area contributed by atoms with Crippen molar-refractivity contribution in [3.8, 4) is 23.0 Å². The second-order valence-electron chi connectivity index (χ2n) is 8.50. The molecule has 5 rings (SSSR count). The van der Waals surface area contributed by atoms with Gasteiger partial charge in [0.1, 0.15) is 28.8 Å². The van der Waals surface area contributed by atoms with Crippen LogP contribution in [-0.2, 0) is 0 Å². The first-order valence-corrected chi connectivity index (χ1v) is 11.5. The number of methoxy groups -OCH3 is 2. The van der Waals surface area contributed by atoms with E-state index in [4.69, 9.17) is 19.2 Å². The van der Waals surface area contributed by atoms with Gasteiger partial charge in [-0.25, -0.2) is 9.79 Å². The molecule has 2 aliphatic heterocycles. The average molecular weight is 473 g/mol. The normalized spacial score (nSPS) is 14.7. The summed E-state index contributed by atoms with van der Waals surface area (Å²) in [5, 5.41) is 2.96. The number of piperazine rings is 1. The number of hydrogen-bond donors (Lipinski definition) is 1. The molecule has 0 aliphatic carbocycles. The number of ether oxygens (including phenoxy) is 3. The number of carbonyl (C=O) groups is 1. The summed E-state index contributed by atoms with van der Waals surface area (Å²) in [6.07, 6.45) is 0. The van der Waals surface area contributed by atoms with Crippen LogP contribution < -0.4 is 19.5 Å². The van der Waals surface area contributed by atoms with Gasteiger partial charge in [-0.2, -0.15) is 0 Å². The maximum Gasteiger partial charge on any atom is 0.321 e. The van der Waals surface area contributed by atoms with Gasteiger partial charge in [0.15, 0.2) is 5.75 Å². The molecule has 0 bridgehead atoms. The third-order valence-electron chi connectivity index (χ3n) is 6.20. The molecule has 1 fully saturated rings. The minimum absolute atomic E-state index is 0.121. The Morgan fingerprint density at radius 3 is 2.31 bits per heavy atom. The van der Waals surface area contributed by atoms with Crippen molar-refractivity contribution in [2.24, 2.45) is 4.99 Å². The number of amides is 2. The van der Waals surface area contributed by atoms with Gasteiger partial charge in [0.25, 0.3) is 0 Å². The van der Waals surface area contributed by atoms with Crippen molar-refractivity contribution < 1.29 is 19.0 Å². The molecule has 0 saturated carbocycles. The number of amidine groups is 1. The summed E-state index contributed by atoms with van der Waals surface area (Å²) in [5.41, 5.74) is 3.49. The summed E-state index contributed by atoms with van der Waals surface area (Å²) in [4.78, 5) is 21.9. The van der Waals surface area contributed by atoms with Gasteiger partial charge in [0.05, 0.1) is 19.8 Å². The lowest BCUT2D eigenvalue weighted by Crippen LogP contribution is -2.51. The molecule has 3 aromatic rings. The van der Waals surface area contributed by atoms with Crippen molar-refractivity contribution in [1.29, 1.82) is 0 Å². The molecule has 2 heterocycles. The Bertz CT molecular complexity index is 1260. The molecule has 0 radical (unpaired) electrons. The Morgan fingerprint density at radius 1 is 0.886 bits per heavy atom. The highest BCUT2D eigenvalue weighted by atomic mass is 16.5. The van der Waals surface area contributed by atoms with E-state index < -0.39 is 0 Å². The van der Waals surface area contributed by atoms with E-state index in [1.165, 1.54) is 0 Å². The van der Waals surface area contributed by atoms with Crippen molar-refractivity contribution in [2.75, 3.05) is 45.7 Å². The number of benzene rings is 3. The lowest BCUT2D eigenvalue weighted by molar-refractivity contribution is 0.181. The quantitative estimate of drug-likeness (QED) is 0.578. The molecule has 0 aromatic heterocycles. The van der Waals surface area contributed by atoms with Gasteiger partial charge in [-0.1, -0.05) is 6.07 Å². The third-order valence-corrected chi connectivity index (χ3v) is 6.20. The van der Waals surface area contributed by atoms with Crippen LogP contribution in [0, 0.1) is 6.92 Å². The van der Waals surface area contributed by atoms with Crippen molar-refractivity contribution in [1.82, 2.24) is 9.80 Å². The predicted octanol–water partition coefficient (Wildman–Crippen LogP) is 5.05. The molecule has 8 nitrogen and oxygen atoms in total. The number of fused-ring (bicyclic) bond motifs is 2. The van der Waals surface area contributed by atoms with E-state index in [1.54, 1.807) is 14.2 Å². The monoisotopic (exact) mass is 472 g/mol. The summed E-state index contributed by atoms with van der Waals surface area (Å²) >= 11 is 0. The van der Waals surface area contributed by atoms with Crippen LogP contribution in [0.2, 0.25) is 0 Å². The number of hydrogen-bond acceptors (Lipinski definition) is 6. The second-order valence-corrected chi connectivity index (χ2v) is 8.50. The molecule has 8 heteroatoms. The van der Waals surface area contributed by atoms with Crippen LogP contribution in [0.4, 0.5) is 16.2 Å². The Balaban J connectivity index is 1.35. The molecule has 0 atom stereocenters. The fourth-order valence-corrected chi connectivity index (χ4v) is 4.23. The maximum atomic E-state index is 12.8. The van der Waals surface area contributed by atoms with E-state index in [-0.39, 0.29) is 6.03 Å². The van der Waals surface area contributed by atoms with Gasteiger partial charge in [0, 0.05) is 31.9 Å². The summed E-state index contributed by atoms with van der Waals surface area (Å²) in [5.74, 6) is 3.76. The highest BCUT2D eigenvalue weighted by Crippen LogP contribution is 2.40. The van der Waals surface area contributed by atoms with Crippen LogP contribution in [-0.4, -0.2) is 62.1 Å². The van der Waals surface area contributed by atoms with Crippen LogP contribution in [0.25, 0.3) is 0 Å². The minimum Gasteiger partial charge on any atom is -0.497 e. The SMILES string of the molecule is COc1ccc(NC(=O)N2CCN(C3=Nc4ccc(C)cc4Oc4ccc(OC)cc43)CC2)cc1. The largest absolute Gasteiger partial charge is 0.497 e. The van der Waals surface area contributed by atoms with E-state index in [9.17, 15) is 4.79 Å². The van der Waals surface area contributed by atoms with Crippen LogP contribution in [0.15, 0.2) is 65.7 Å². The van der Waals surface area contributed by atoms with Gasteiger partial charge < -0.3 is 29.3 Å². The number of urea groups is 1. The topological polar surface area (TPSA) is 75.6 Å². The molecule has 1 N–H and O–H groups in total. The van der Waals surface area contributed by atoms with Crippen molar-refractivity contribution in [3.63, 3.8) is 0 Å². The number of aliphatic imine (C=N–C) groups is 1. The van der Waals surface area contributed by atoms with Gasteiger partial charge >= 0.3 is 6.03 Å². The molecule has 35 heavy (non-hydrogen) atoms. The summed E-state index contributed by atoms with van der Waals surface area (Å²) in [7, 11) is 3.26. The fourth-order valence-electron chi connectivity index (χ4n) is 4.23. The molecule has 3 aromatic carbocycles. The summed E-state index contributed by atoms with van der Waals surface area (Å²) < 4.78 is 16.9. The second kappa shape index (κ2) is 9.58. The number of nitrogens with one attached hydrogen (secondary N) is 1. The van der Waals surface area contributed by atoms with Crippen LogP contribution in [0.5, 0.6) is 23.0 Å². The highest BCUT2D eigenvalue weighted by Gasteiger charge is 2.28. The first kappa shape index (κ1) is 22.6. The molecular weight excluding hydrogens is 444 g/mol. The van der Waals surface area contributed by atoms with Crippen LogP contribution >= 0.6 is 0 Å². The number of rotatable bonds is 3. The van der Waals surface area contributed by atoms with Crippen molar-refractivity contribution >= 4 is 23.2 Å². The number of anilines is 1. The van der Waals surface area contributed by atoms with Crippen LogP contribution in [0.1, 0.15) is 11.1 Å². The van der Waals surface area contributed by atoms with Gasteiger partial charge in [0.2, 0.25) is 0 Å². The van der Waals surface area contributed by atoms with E-state index in [2.05, 4.69) is 10.2 Å². The zero-order chi connectivity index (χ0) is 24.4. The Kier molecular flexibility index (Phi) is 6.18. The lowest BCUT2D eigenvalue weighted by Gasteiger charge is -2.36. The standard InChI is InChI=1S/C27H28N4O4/c1-18-4-10-23-25(16-18)35-24-11-9-21(34-3)17-22(24)26(29-23)30-12-14-31(15-13-30)27(32)28-19-5-7-20(33-2)8-6-19/h4-11,16-17H,12-15H2,1-3H3,(H,28,32). The fraction of sp³-hybridized carbons (Fsp3) is 0.259. The highest BCUT2D eigenvalue weighted by molar-refractivity contribution is 6.04. The number of aryl methyl sites for hydroxylation is 1. The van der Waals surface area contributed by atoms with E-state index >= 15 is 0 Å². The van der Waals surface area contributed by atoms with E-state index in [1.807, 2.05) is 72.5 Å². The summed E-state index contributed by atoms with van der Waals surface area (Å²) in [6, 6.07) is 19.0. The first-order valence-electron chi connectivity index (χ1n) is 11.5. The molecule has 0 spiro atoms. The minimum atomic E-state index is -0.121. The summed E-state index contributed by atoms with van der Waals surface area (Å²) in [6.45, 7) is 4.47. The first-order chi connectivity index (χ1) is 17.0. The van der Waals surface area contributed by atoms with Crippen molar-refractivity contribution in [3.05, 3.63) is 71.8 Å². The molecule has 0 unspecified atom stereocenters. The van der Waals surface area contributed by atoms with Gasteiger partial charge in [-0.3, -0.25) is 0 Å². The Hall–Kier alpha value is -4.20. The number of nitrogens with zero attached hydrogens (tertiary/aromatic N) is 3. The van der Waals surface area contributed by atoms with Gasteiger partial charge in [-0.15, -0.1) is 0 Å². The van der Waals surface area contributed by atoms with E-state index in [0.29, 0.717) is 26.2 Å². The zero-order valence-corrected chi connectivity index (χ0v) is 20.1. The molecule has 2 amide bonds. The zero-order valence-electron chi connectivity index (χ0n) is 20.1. The predicted molar refractivity (Wildman–Crippen MR) is 136 cm³/mol. The molecule has 2 aliphatic rings. The molecule has 180 valence electrons. The maximum absolute atomic E-state index is 12.8. The van der Waals surface area contributed by atoms with E-state index in [0.717, 1.165) is 51.3 Å². The molecular formula is C27H28N4O4. The number of carbonyl (C=O) groups excluding carboxylic acids is 1. The smallest absolute Gasteiger partial charge is 0.321 e. The van der Waals surface area contributed by atoms with Gasteiger partial charge in [-0.05, 0) is 67.1 Å².